The summed E-state index contributed by atoms with van der Waals surface area (Å²) < 4.78 is 1.35. The highest BCUT2D eigenvalue weighted by Crippen LogP contribution is 2.34. The van der Waals surface area contributed by atoms with Gasteiger partial charge in [-0.05, 0) is 12.1 Å². The van der Waals surface area contributed by atoms with Gasteiger partial charge in [0.05, 0.1) is 6.33 Å². The average molecular weight is 331 g/mol. The molecule has 0 saturated heterocycles. The van der Waals surface area contributed by atoms with E-state index in [1.807, 2.05) is 0 Å². The van der Waals surface area contributed by atoms with Crippen LogP contribution in [0.25, 0.3) is 0 Å². The fraction of sp³-hybridized carbons (Fsp3) is 0.0526. The SMILES string of the molecule is O=C(NC1(n2ccnc2)C(=O)c2ccccc2C1=O)c1ccccc1. The van der Waals surface area contributed by atoms with Gasteiger partial charge in [0.15, 0.2) is 0 Å². The van der Waals surface area contributed by atoms with E-state index >= 15 is 0 Å². The molecule has 0 saturated carbocycles. The Kier molecular flexibility index (Phi) is 3.32. The van der Waals surface area contributed by atoms with Crippen molar-refractivity contribution in [1.82, 2.24) is 14.9 Å². The van der Waals surface area contributed by atoms with Gasteiger partial charge in [0.2, 0.25) is 17.2 Å². The lowest BCUT2D eigenvalue weighted by Gasteiger charge is -2.28. The highest BCUT2D eigenvalue weighted by molar-refractivity contribution is 6.32. The van der Waals surface area contributed by atoms with Crippen molar-refractivity contribution >= 4 is 17.5 Å². The van der Waals surface area contributed by atoms with E-state index in [1.165, 1.54) is 23.3 Å². The fourth-order valence-corrected chi connectivity index (χ4v) is 3.07. The van der Waals surface area contributed by atoms with E-state index in [1.54, 1.807) is 54.6 Å². The molecule has 0 atom stereocenters. The number of fused-ring (bicyclic) bond motifs is 1. The Labute approximate surface area is 143 Å². The average Bonchev–Trinajstić information content (AvgIpc) is 3.26. The standard InChI is InChI=1S/C19H13N3O3/c23-16-14-8-4-5-9-15(14)17(24)19(16,22-11-10-20-12-22)21-18(25)13-6-2-1-3-7-13/h1-12H,(H,21,25). The zero-order chi connectivity index (χ0) is 17.4. The van der Waals surface area contributed by atoms with Crippen molar-refractivity contribution in [3.8, 4) is 0 Å². The van der Waals surface area contributed by atoms with Gasteiger partial charge in [-0.15, -0.1) is 0 Å². The van der Waals surface area contributed by atoms with E-state index in [4.69, 9.17) is 0 Å². The fourth-order valence-electron chi connectivity index (χ4n) is 3.07. The lowest BCUT2D eigenvalue weighted by atomic mass is 10.0. The second kappa shape index (κ2) is 5.52. The number of hydrogen-bond donors (Lipinski definition) is 1. The molecule has 1 heterocycles. The Morgan fingerprint density at radius 2 is 1.52 bits per heavy atom. The van der Waals surface area contributed by atoms with Crippen molar-refractivity contribution in [3.05, 3.63) is 90.0 Å². The lowest BCUT2D eigenvalue weighted by Crippen LogP contribution is -2.58. The number of nitrogens with zero attached hydrogens (tertiary/aromatic N) is 2. The molecule has 1 N–H and O–H groups in total. The number of ketones is 2. The highest BCUT2D eigenvalue weighted by atomic mass is 16.2. The molecule has 0 fully saturated rings. The second-order valence-corrected chi connectivity index (χ2v) is 5.70. The van der Waals surface area contributed by atoms with Crippen LogP contribution in [0.2, 0.25) is 0 Å². The molecule has 6 nitrogen and oxygen atoms in total. The van der Waals surface area contributed by atoms with Crippen LogP contribution in [0.4, 0.5) is 0 Å². The predicted molar refractivity (Wildman–Crippen MR) is 89.2 cm³/mol. The summed E-state index contributed by atoms with van der Waals surface area (Å²) >= 11 is 0. The number of imidazole rings is 1. The molecule has 0 aliphatic heterocycles. The molecule has 0 unspecified atom stereocenters. The summed E-state index contributed by atoms with van der Waals surface area (Å²) in [6, 6.07) is 15.0. The van der Waals surface area contributed by atoms with Gasteiger partial charge in [0.1, 0.15) is 0 Å². The Bertz CT molecular complexity index is 943. The van der Waals surface area contributed by atoms with Gasteiger partial charge in [-0.1, -0.05) is 42.5 Å². The summed E-state index contributed by atoms with van der Waals surface area (Å²) in [6.07, 6.45) is 4.31. The maximum Gasteiger partial charge on any atom is 0.253 e. The first-order valence-electron chi connectivity index (χ1n) is 7.69. The monoisotopic (exact) mass is 331 g/mol. The maximum absolute atomic E-state index is 13.1. The zero-order valence-corrected chi connectivity index (χ0v) is 13.0. The molecule has 1 aliphatic rings. The van der Waals surface area contributed by atoms with Crippen molar-refractivity contribution in [3.63, 3.8) is 0 Å². The smallest absolute Gasteiger partial charge is 0.253 e. The summed E-state index contributed by atoms with van der Waals surface area (Å²) in [5.74, 6) is -1.46. The number of nitrogens with one attached hydrogen (secondary N) is 1. The first kappa shape index (κ1) is 15.0. The molecule has 122 valence electrons. The molecule has 1 amide bonds. The van der Waals surface area contributed by atoms with E-state index in [-0.39, 0.29) is 11.1 Å². The quantitative estimate of drug-likeness (QED) is 0.745. The van der Waals surface area contributed by atoms with Crippen LogP contribution >= 0.6 is 0 Å². The molecule has 2 aromatic carbocycles. The topological polar surface area (TPSA) is 81.1 Å². The van der Waals surface area contributed by atoms with Gasteiger partial charge < -0.3 is 9.88 Å². The summed E-state index contributed by atoms with van der Waals surface area (Å²) in [5.41, 5.74) is -0.921. The number of carbonyl (C=O) groups is 3. The van der Waals surface area contributed by atoms with E-state index in [2.05, 4.69) is 10.3 Å². The van der Waals surface area contributed by atoms with Gasteiger partial charge in [-0.25, -0.2) is 4.98 Å². The van der Waals surface area contributed by atoms with E-state index in [9.17, 15) is 14.4 Å². The van der Waals surface area contributed by atoms with Gasteiger partial charge in [0, 0.05) is 29.1 Å². The summed E-state index contributed by atoms with van der Waals surface area (Å²) in [6.45, 7) is 0. The van der Waals surface area contributed by atoms with E-state index in [0.29, 0.717) is 5.56 Å². The number of hydrogen-bond acceptors (Lipinski definition) is 4. The Morgan fingerprint density at radius 1 is 0.920 bits per heavy atom. The van der Waals surface area contributed by atoms with Crippen molar-refractivity contribution < 1.29 is 14.4 Å². The number of carbonyl (C=O) groups excluding carboxylic acids is 3. The number of amides is 1. The molecule has 6 heteroatoms. The van der Waals surface area contributed by atoms with Crippen molar-refractivity contribution in [2.75, 3.05) is 0 Å². The normalized spacial score (nSPS) is 15.0. The van der Waals surface area contributed by atoms with Crippen LogP contribution in [0.15, 0.2) is 73.3 Å². The first-order chi connectivity index (χ1) is 12.1. The number of aromatic nitrogens is 2. The minimum atomic E-state index is -1.85. The molecule has 0 bridgehead atoms. The third kappa shape index (κ3) is 2.11. The third-order valence-electron chi connectivity index (χ3n) is 4.30. The van der Waals surface area contributed by atoms with Crippen LogP contribution in [0.3, 0.4) is 0 Å². The van der Waals surface area contributed by atoms with E-state index in [0.717, 1.165) is 0 Å². The summed E-state index contributed by atoms with van der Waals surface area (Å²) in [5, 5.41) is 2.64. The zero-order valence-electron chi connectivity index (χ0n) is 13.0. The minimum Gasteiger partial charge on any atom is -0.316 e. The number of Topliss-reactive ketones (excluding diaryl/α,β-unsaturated/α-hetero) is 2. The van der Waals surface area contributed by atoms with Crippen molar-refractivity contribution in [1.29, 1.82) is 0 Å². The third-order valence-corrected chi connectivity index (χ3v) is 4.30. The summed E-state index contributed by atoms with van der Waals surface area (Å²) in [4.78, 5) is 42.8. The Morgan fingerprint density at radius 3 is 2.08 bits per heavy atom. The van der Waals surface area contributed by atoms with Crippen LogP contribution in [0.1, 0.15) is 31.1 Å². The van der Waals surface area contributed by atoms with Crippen LogP contribution in [-0.2, 0) is 5.66 Å². The number of rotatable bonds is 3. The molecule has 1 aliphatic carbocycles. The highest BCUT2D eigenvalue weighted by Gasteiger charge is 2.55. The Balaban J connectivity index is 1.85. The van der Waals surface area contributed by atoms with Gasteiger partial charge in [-0.2, -0.15) is 0 Å². The van der Waals surface area contributed by atoms with Crippen molar-refractivity contribution in [2.24, 2.45) is 0 Å². The van der Waals surface area contributed by atoms with Crippen LogP contribution in [-0.4, -0.2) is 27.0 Å². The molecule has 4 rings (SSSR count). The van der Waals surface area contributed by atoms with Gasteiger partial charge in [-0.3, -0.25) is 14.4 Å². The van der Waals surface area contributed by atoms with Crippen LogP contribution in [0.5, 0.6) is 0 Å². The van der Waals surface area contributed by atoms with Crippen LogP contribution in [0, 0.1) is 0 Å². The van der Waals surface area contributed by atoms with Gasteiger partial charge in [0.25, 0.3) is 5.91 Å². The molecule has 3 aromatic rings. The molecule has 25 heavy (non-hydrogen) atoms. The molecule has 0 radical (unpaired) electrons. The molecule has 1 aromatic heterocycles. The van der Waals surface area contributed by atoms with Crippen LogP contribution < -0.4 is 5.32 Å². The molecular weight excluding hydrogens is 318 g/mol. The molecule has 0 spiro atoms. The second-order valence-electron chi connectivity index (χ2n) is 5.70. The lowest BCUT2D eigenvalue weighted by molar-refractivity contribution is 0.0599. The summed E-state index contributed by atoms with van der Waals surface area (Å²) in [7, 11) is 0. The van der Waals surface area contributed by atoms with Crippen molar-refractivity contribution in [2.45, 2.75) is 5.66 Å². The largest absolute Gasteiger partial charge is 0.316 e. The van der Waals surface area contributed by atoms with E-state index < -0.39 is 23.1 Å². The predicted octanol–water partition coefficient (Wildman–Crippen LogP) is 2.05. The number of benzene rings is 2. The van der Waals surface area contributed by atoms with Gasteiger partial charge >= 0.3 is 0 Å². The minimum absolute atomic E-state index is 0.287. The first-order valence-corrected chi connectivity index (χ1v) is 7.69. The Hall–Kier alpha value is -3.54. The maximum atomic E-state index is 13.1. The molecular formula is C19H13N3O3.